The Labute approximate surface area is 83.8 Å². The zero-order valence-electron chi connectivity index (χ0n) is 8.73. The van der Waals surface area contributed by atoms with Crippen molar-refractivity contribution in [3.63, 3.8) is 0 Å². The van der Waals surface area contributed by atoms with Crippen molar-refractivity contribution < 1.29 is 9.72 Å². The summed E-state index contributed by atoms with van der Waals surface area (Å²) >= 11 is 0. The Hall–Kier alpha value is -0.930. The van der Waals surface area contributed by atoms with Gasteiger partial charge in [-0.1, -0.05) is 20.3 Å². The lowest BCUT2D eigenvalue weighted by molar-refractivity contribution is -0.490. The van der Waals surface area contributed by atoms with Gasteiger partial charge in [-0.25, -0.2) is 0 Å². The van der Waals surface area contributed by atoms with Gasteiger partial charge in [0.25, 0.3) is 0 Å². The van der Waals surface area contributed by atoms with E-state index in [1.807, 2.05) is 13.8 Å². The van der Waals surface area contributed by atoms with Crippen molar-refractivity contribution >= 4 is 6.29 Å². The summed E-state index contributed by atoms with van der Waals surface area (Å²) < 4.78 is 0. The van der Waals surface area contributed by atoms with Gasteiger partial charge in [-0.05, 0) is 18.8 Å². The number of hydrogen-bond donors (Lipinski definition) is 0. The van der Waals surface area contributed by atoms with Gasteiger partial charge in [0.15, 0.2) is 0 Å². The predicted molar refractivity (Wildman–Crippen MR) is 52.5 cm³/mol. The van der Waals surface area contributed by atoms with Gasteiger partial charge in [-0.3, -0.25) is 10.1 Å². The van der Waals surface area contributed by atoms with Crippen LogP contribution in [-0.2, 0) is 4.79 Å². The topological polar surface area (TPSA) is 60.2 Å². The molecule has 0 heterocycles. The summed E-state index contributed by atoms with van der Waals surface area (Å²) in [6.07, 6.45) is 3.53. The maximum atomic E-state index is 11.1. The molecule has 0 saturated heterocycles. The molecule has 0 radical (unpaired) electrons. The predicted octanol–water partition coefficient (Wildman–Crippen LogP) is 1.90. The van der Waals surface area contributed by atoms with E-state index in [1.54, 1.807) is 0 Å². The Kier molecular flexibility index (Phi) is 3.24. The van der Waals surface area contributed by atoms with Crippen LogP contribution < -0.4 is 0 Å². The maximum Gasteiger partial charge on any atom is 0.207 e. The highest BCUT2D eigenvalue weighted by Crippen LogP contribution is 2.47. The molecule has 0 bridgehead atoms. The van der Waals surface area contributed by atoms with E-state index in [0.29, 0.717) is 0 Å². The van der Waals surface area contributed by atoms with Crippen LogP contribution in [0.4, 0.5) is 0 Å². The molecule has 14 heavy (non-hydrogen) atoms. The molecular weight excluding hydrogens is 182 g/mol. The molecule has 0 unspecified atom stereocenters. The fraction of sp³-hybridized carbons (Fsp3) is 0.900. The van der Waals surface area contributed by atoms with Gasteiger partial charge in [0.05, 0.1) is 0 Å². The second-order valence-electron chi connectivity index (χ2n) is 4.49. The van der Waals surface area contributed by atoms with Crippen LogP contribution in [0.5, 0.6) is 0 Å². The van der Waals surface area contributed by atoms with Crippen molar-refractivity contribution in [1.29, 1.82) is 0 Å². The molecule has 1 aliphatic rings. The van der Waals surface area contributed by atoms with E-state index in [9.17, 15) is 14.9 Å². The van der Waals surface area contributed by atoms with Crippen LogP contribution in [0.1, 0.15) is 33.1 Å². The molecule has 0 aromatic heterocycles. The molecule has 1 fully saturated rings. The Morgan fingerprint density at radius 3 is 2.71 bits per heavy atom. The Morgan fingerprint density at radius 1 is 1.64 bits per heavy atom. The highest BCUT2D eigenvalue weighted by molar-refractivity contribution is 5.61. The van der Waals surface area contributed by atoms with Crippen LogP contribution >= 0.6 is 0 Å². The highest BCUT2D eigenvalue weighted by atomic mass is 16.6. The smallest absolute Gasteiger partial charge is 0.207 e. The van der Waals surface area contributed by atoms with Gasteiger partial charge in [0.1, 0.15) is 6.29 Å². The molecule has 1 aliphatic carbocycles. The molecule has 80 valence electrons. The largest absolute Gasteiger partial charge is 0.303 e. The number of hydrogen-bond acceptors (Lipinski definition) is 3. The molecule has 0 aliphatic heterocycles. The standard InChI is InChI=1S/C10H17NO3/c1-8(2)10(7-12)5-3-4-9(10)6-11(13)14/h7-9H,3-6H2,1-2H3/t9-,10-/m0/s1. The van der Waals surface area contributed by atoms with Crippen molar-refractivity contribution in [2.24, 2.45) is 17.3 Å². The first-order valence-corrected chi connectivity index (χ1v) is 5.11. The molecule has 0 amide bonds. The molecule has 2 atom stereocenters. The third-order valence-electron chi connectivity index (χ3n) is 3.59. The fourth-order valence-electron chi connectivity index (χ4n) is 2.62. The Morgan fingerprint density at radius 2 is 2.29 bits per heavy atom. The van der Waals surface area contributed by atoms with Crippen LogP contribution in [-0.4, -0.2) is 17.8 Å². The summed E-state index contributed by atoms with van der Waals surface area (Å²) in [5.74, 6) is 0.141. The van der Waals surface area contributed by atoms with E-state index in [0.717, 1.165) is 25.5 Å². The van der Waals surface area contributed by atoms with Gasteiger partial charge in [-0.15, -0.1) is 0 Å². The SMILES string of the molecule is CC(C)[C@@]1(C=O)CCC[C@H]1C[N+](=O)[O-]. The normalized spacial score (nSPS) is 32.1. The monoisotopic (exact) mass is 199 g/mol. The molecule has 1 saturated carbocycles. The average Bonchev–Trinajstić information content (AvgIpc) is 2.47. The molecule has 0 N–H and O–H groups in total. The lowest BCUT2D eigenvalue weighted by atomic mass is 9.70. The molecule has 1 rings (SSSR count). The Bertz CT molecular complexity index is 240. The number of nitrogens with zero attached hydrogens (tertiary/aromatic N) is 1. The van der Waals surface area contributed by atoms with Crippen LogP contribution in [0.25, 0.3) is 0 Å². The average molecular weight is 199 g/mol. The number of carbonyl (C=O) groups is 1. The van der Waals surface area contributed by atoms with Gasteiger partial charge < -0.3 is 4.79 Å². The second kappa shape index (κ2) is 4.07. The fourth-order valence-corrected chi connectivity index (χ4v) is 2.62. The quantitative estimate of drug-likeness (QED) is 0.394. The van der Waals surface area contributed by atoms with Crippen LogP contribution in [0.15, 0.2) is 0 Å². The first-order valence-electron chi connectivity index (χ1n) is 5.11. The minimum atomic E-state index is -0.437. The van der Waals surface area contributed by atoms with Gasteiger partial charge in [-0.2, -0.15) is 0 Å². The summed E-state index contributed by atoms with van der Waals surface area (Å²) in [4.78, 5) is 21.3. The first-order chi connectivity index (χ1) is 6.53. The van der Waals surface area contributed by atoms with E-state index in [4.69, 9.17) is 0 Å². The van der Waals surface area contributed by atoms with E-state index in [-0.39, 0.29) is 23.3 Å². The van der Waals surface area contributed by atoms with Crippen LogP contribution in [0, 0.1) is 27.4 Å². The van der Waals surface area contributed by atoms with Gasteiger partial charge >= 0.3 is 0 Å². The van der Waals surface area contributed by atoms with Crippen molar-refractivity contribution in [3.05, 3.63) is 10.1 Å². The first kappa shape index (κ1) is 11.1. The summed E-state index contributed by atoms with van der Waals surface area (Å²) in [6.45, 7) is 3.90. The molecule has 0 aromatic rings. The number of nitro groups is 1. The summed E-state index contributed by atoms with van der Waals surface area (Å²) in [7, 11) is 0. The summed E-state index contributed by atoms with van der Waals surface area (Å²) in [5.41, 5.74) is -0.437. The molecule has 0 aromatic carbocycles. The zero-order valence-corrected chi connectivity index (χ0v) is 8.73. The van der Waals surface area contributed by atoms with Crippen LogP contribution in [0.2, 0.25) is 0 Å². The number of aldehydes is 1. The van der Waals surface area contributed by atoms with E-state index < -0.39 is 5.41 Å². The highest BCUT2D eigenvalue weighted by Gasteiger charge is 2.47. The van der Waals surface area contributed by atoms with Crippen molar-refractivity contribution in [2.45, 2.75) is 33.1 Å². The summed E-state index contributed by atoms with van der Waals surface area (Å²) in [5, 5.41) is 10.5. The molecular formula is C10H17NO3. The number of carbonyl (C=O) groups excluding carboxylic acids is 1. The maximum absolute atomic E-state index is 11.1. The minimum Gasteiger partial charge on any atom is -0.303 e. The number of rotatable bonds is 4. The van der Waals surface area contributed by atoms with E-state index in [2.05, 4.69) is 0 Å². The molecule has 4 nitrogen and oxygen atoms in total. The van der Waals surface area contributed by atoms with Gasteiger partial charge in [0, 0.05) is 16.3 Å². The third kappa shape index (κ3) is 1.79. The van der Waals surface area contributed by atoms with Crippen LogP contribution in [0.3, 0.4) is 0 Å². The molecule has 4 heteroatoms. The summed E-state index contributed by atoms with van der Waals surface area (Å²) in [6, 6.07) is 0. The van der Waals surface area contributed by atoms with E-state index >= 15 is 0 Å². The minimum absolute atomic E-state index is 0.0586. The lowest BCUT2D eigenvalue weighted by Gasteiger charge is -2.31. The third-order valence-corrected chi connectivity index (χ3v) is 3.59. The second-order valence-corrected chi connectivity index (χ2v) is 4.49. The lowest BCUT2D eigenvalue weighted by Crippen LogP contribution is -2.36. The van der Waals surface area contributed by atoms with Gasteiger partial charge in [0.2, 0.25) is 6.54 Å². The van der Waals surface area contributed by atoms with E-state index in [1.165, 1.54) is 0 Å². The Balaban J connectivity index is 2.83. The van der Waals surface area contributed by atoms with Crippen molar-refractivity contribution in [1.82, 2.24) is 0 Å². The van der Waals surface area contributed by atoms with Crippen molar-refractivity contribution in [3.8, 4) is 0 Å². The zero-order chi connectivity index (χ0) is 10.8. The van der Waals surface area contributed by atoms with Crippen molar-refractivity contribution in [2.75, 3.05) is 6.54 Å². The molecule has 0 spiro atoms.